The minimum Gasteiger partial charge on any atom is -0.383 e. The molecule has 1 aromatic carbocycles. The van der Waals surface area contributed by atoms with E-state index in [-0.39, 0.29) is 11.4 Å². The maximum absolute atomic E-state index is 12.1. The second-order valence-corrected chi connectivity index (χ2v) is 8.15. The number of nitrogens with zero attached hydrogens (tertiary/aromatic N) is 2. The molecular weight excluding hydrogens is 340 g/mol. The van der Waals surface area contributed by atoms with Gasteiger partial charge >= 0.3 is 0 Å². The molecule has 0 spiro atoms. The second kappa shape index (κ2) is 9.17. The van der Waals surface area contributed by atoms with E-state index in [9.17, 15) is 8.42 Å². The fourth-order valence-corrected chi connectivity index (χ4v) is 3.66. The van der Waals surface area contributed by atoms with Gasteiger partial charge in [0.25, 0.3) is 0 Å². The highest BCUT2D eigenvalue weighted by Gasteiger charge is 2.17. The molecule has 0 aliphatic carbocycles. The molecule has 0 aromatic heterocycles. The summed E-state index contributed by atoms with van der Waals surface area (Å²) in [6, 6.07) is 6.69. The zero-order valence-corrected chi connectivity index (χ0v) is 15.8. The molecule has 1 saturated heterocycles. The summed E-state index contributed by atoms with van der Waals surface area (Å²) in [5, 5.41) is 0. The molecular formula is C17H28N4O3S. The highest BCUT2D eigenvalue weighted by Crippen LogP contribution is 2.16. The number of nitrogens with two attached hydrogens (primary N) is 1. The average Bonchev–Trinajstić information content (AvgIpc) is 2.61. The van der Waals surface area contributed by atoms with Crippen molar-refractivity contribution in [3.8, 4) is 0 Å². The van der Waals surface area contributed by atoms with Gasteiger partial charge in [-0.3, -0.25) is 0 Å². The van der Waals surface area contributed by atoms with Crippen molar-refractivity contribution >= 4 is 16.0 Å². The summed E-state index contributed by atoms with van der Waals surface area (Å²) in [6.07, 6.45) is 2.28. The largest absolute Gasteiger partial charge is 0.383 e. The molecule has 7 nitrogen and oxygen atoms in total. The van der Waals surface area contributed by atoms with Crippen molar-refractivity contribution in [3.05, 3.63) is 29.8 Å². The summed E-state index contributed by atoms with van der Waals surface area (Å²) in [4.78, 5) is 6.77. The first-order valence-corrected chi connectivity index (χ1v) is 10.0. The average molecular weight is 369 g/mol. The molecule has 3 N–H and O–H groups in total. The molecule has 8 heteroatoms. The highest BCUT2D eigenvalue weighted by molar-refractivity contribution is 7.89. The van der Waals surface area contributed by atoms with Gasteiger partial charge in [0.15, 0.2) is 5.96 Å². The van der Waals surface area contributed by atoms with Gasteiger partial charge in [0.05, 0.1) is 18.0 Å². The molecule has 25 heavy (non-hydrogen) atoms. The minimum atomic E-state index is -3.50. The van der Waals surface area contributed by atoms with Gasteiger partial charge in [-0.1, -0.05) is 19.1 Å². The molecule has 2 rings (SSSR count). The Hall–Kier alpha value is -1.64. The summed E-state index contributed by atoms with van der Waals surface area (Å²) in [7, 11) is -1.97. The Morgan fingerprint density at radius 3 is 2.56 bits per heavy atom. The van der Waals surface area contributed by atoms with Gasteiger partial charge in [-0.25, -0.2) is 18.1 Å². The zero-order chi connectivity index (χ0) is 18.3. The van der Waals surface area contributed by atoms with Crippen LogP contribution in [0.25, 0.3) is 0 Å². The highest BCUT2D eigenvalue weighted by atomic mass is 32.2. The van der Waals surface area contributed by atoms with E-state index < -0.39 is 10.0 Å². The predicted octanol–water partition coefficient (Wildman–Crippen LogP) is 1.16. The monoisotopic (exact) mass is 368 g/mol. The van der Waals surface area contributed by atoms with Gasteiger partial charge in [0.2, 0.25) is 10.0 Å². The number of guanidine groups is 1. The number of likely N-dealkylation sites (tertiary alicyclic amines) is 1. The van der Waals surface area contributed by atoms with Crippen LogP contribution < -0.4 is 10.5 Å². The quantitative estimate of drug-likeness (QED) is 0.428. The number of hydrogen-bond acceptors (Lipinski definition) is 4. The first kappa shape index (κ1) is 19.7. The SMILES string of the molecule is COCCNS(=O)(=O)c1ccc(CN=C(N)N2CCC(C)CC2)cc1. The van der Waals surface area contributed by atoms with E-state index in [1.54, 1.807) is 24.3 Å². The van der Waals surface area contributed by atoms with Gasteiger partial charge in [-0.05, 0) is 36.5 Å². The van der Waals surface area contributed by atoms with E-state index in [0.717, 1.165) is 37.4 Å². The lowest BCUT2D eigenvalue weighted by Crippen LogP contribution is -2.42. The molecule has 0 bridgehead atoms. The molecule has 0 amide bonds. The number of ether oxygens (including phenoxy) is 1. The Morgan fingerprint density at radius 1 is 1.32 bits per heavy atom. The van der Waals surface area contributed by atoms with Crippen LogP contribution in [0.3, 0.4) is 0 Å². The standard InChI is InChI=1S/C17H28N4O3S/c1-14-7-10-21(11-8-14)17(18)19-13-15-3-5-16(6-4-15)25(22,23)20-9-12-24-2/h3-6,14,20H,7-13H2,1-2H3,(H2,18,19). The van der Waals surface area contributed by atoms with E-state index >= 15 is 0 Å². The van der Waals surface area contributed by atoms with Gasteiger partial charge in [0.1, 0.15) is 0 Å². The molecule has 1 aliphatic heterocycles. The maximum atomic E-state index is 12.1. The topological polar surface area (TPSA) is 97.0 Å². The van der Waals surface area contributed by atoms with Crippen LogP contribution in [0.2, 0.25) is 0 Å². The number of rotatable bonds is 7. The van der Waals surface area contributed by atoms with E-state index in [4.69, 9.17) is 10.5 Å². The van der Waals surface area contributed by atoms with Gasteiger partial charge in [0, 0.05) is 26.7 Å². The number of sulfonamides is 1. The number of methoxy groups -OCH3 is 1. The Morgan fingerprint density at radius 2 is 1.96 bits per heavy atom. The van der Waals surface area contributed by atoms with E-state index in [0.29, 0.717) is 19.1 Å². The normalized spacial score (nSPS) is 17.0. The Kier molecular flexibility index (Phi) is 7.22. The fourth-order valence-electron chi connectivity index (χ4n) is 2.65. The van der Waals surface area contributed by atoms with Gasteiger partial charge < -0.3 is 15.4 Å². The summed E-state index contributed by atoms with van der Waals surface area (Å²) in [6.45, 7) is 5.16. The van der Waals surface area contributed by atoms with Crippen LogP contribution in [-0.4, -0.2) is 52.6 Å². The van der Waals surface area contributed by atoms with Crippen LogP contribution in [0.15, 0.2) is 34.2 Å². The third-order valence-corrected chi connectivity index (χ3v) is 5.84. The predicted molar refractivity (Wildman–Crippen MR) is 98.8 cm³/mol. The molecule has 0 radical (unpaired) electrons. The van der Waals surface area contributed by atoms with Crippen LogP contribution in [0.4, 0.5) is 0 Å². The molecule has 140 valence electrons. The first-order chi connectivity index (χ1) is 11.9. The molecule has 1 aromatic rings. The van der Waals surface area contributed by atoms with E-state index in [1.807, 2.05) is 0 Å². The Balaban J connectivity index is 1.92. The third kappa shape index (κ3) is 5.98. The smallest absolute Gasteiger partial charge is 0.240 e. The van der Waals surface area contributed by atoms with Crippen LogP contribution >= 0.6 is 0 Å². The van der Waals surface area contributed by atoms with Crippen molar-refractivity contribution in [2.75, 3.05) is 33.4 Å². The maximum Gasteiger partial charge on any atom is 0.240 e. The van der Waals surface area contributed by atoms with Crippen molar-refractivity contribution < 1.29 is 13.2 Å². The van der Waals surface area contributed by atoms with Gasteiger partial charge in [-0.15, -0.1) is 0 Å². The molecule has 0 unspecified atom stereocenters. The first-order valence-electron chi connectivity index (χ1n) is 8.55. The van der Waals surface area contributed by atoms with Crippen LogP contribution in [0, 0.1) is 5.92 Å². The number of piperidine rings is 1. The van der Waals surface area contributed by atoms with Crippen molar-refractivity contribution in [2.24, 2.45) is 16.6 Å². The Bertz CT molecular complexity index is 666. The lowest BCUT2D eigenvalue weighted by molar-refractivity contribution is 0.204. The minimum absolute atomic E-state index is 0.231. The summed E-state index contributed by atoms with van der Waals surface area (Å²) in [5.41, 5.74) is 6.99. The lowest BCUT2D eigenvalue weighted by atomic mass is 10.00. The van der Waals surface area contributed by atoms with E-state index in [1.165, 1.54) is 7.11 Å². The Labute approximate surface area is 150 Å². The summed E-state index contributed by atoms with van der Waals surface area (Å²) in [5.74, 6) is 1.31. The third-order valence-electron chi connectivity index (χ3n) is 4.36. The van der Waals surface area contributed by atoms with Crippen molar-refractivity contribution in [1.29, 1.82) is 0 Å². The number of benzene rings is 1. The van der Waals surface area contributed by atoms with Crippen LogP contribution in [-0.2, 0) is 21.3 Å². The number of aliphatic imine (C=N–C) groups is 1. The molecule has 1 heterocycles. The molecule has 1 fully saturated rings. The fraction of sp³-hybridized carbons (Fsp3) is 0.588. The lowest BCUT2D eigenvalue weighted by Gasteiger charge is -2.31. The second-order valence-electron chi connectivity index (χ2n) is 6.38. The van der Waals surface area contributed by atoms with Crippen LogP contribution in [0.1, 0.15) is 25.3 Å². The molecule has 0 saturated carbocycles. The summed E-state index contributed by atoms with van der Waals surface area (Å²) < 4.78 is 31.5. The van der Waals surface area contributed by atoms with Crippen molar-refractivity contribution in [3.63, 3.8) is 0 Å². The zero-order valence-electron chi connectivity index (χ0n) is 14.9. The summed E-state index contributed by atoms with van der Waals surface area (Å²) >= 11 is 0. The number of nitrogens with one attached hydrogen (secondary N) is 1. The number of hydrogen-bond donors (Lipinski definition) is 2. The van der Waals surface area contributed by atoms with Gasteiger partial charge in [-0.2, -0.15) is 0 Å². The molecule has 0 atom stereocenters. The van der Waals surface area contributed by atoms with Crippen molar-refractivity contribution in [2.45, 2.75) is 31.2 Å². The van der Waals surface area contributed by atoms with Crippen LogP contribution in [0.5, 0.6) is 0 Å². The van der Waals surface area contributed by atoms with E-state index in [2.05, 4.69) is 21.5 Å². The molecule has 1 aliphatic rings. The van der Waals surface area contributed by atoms with Crippen molar-refractivity contribution in [1.82, 2.24) is 9.62 Å².